The van der Waals surface area contributed by atoms with E-state index >= 15 is 0 Å². The van der Waals surface area contributed by atoms with Gasteiger partial charge >= 0.3 is 0 Å². The summed E-state index contributed by atoms with van der Waals surface area (Å²) in [4.78, 5) is 54.3. The summed E-state index contributed by atoms with van der Waals surface area (Å²) in [6, 6.07) is 20.8. The zero-order valence-electron chi connectivity index (χ0n) is 41.3. The third kappa shape index (κ3) is 9.60. The lowest BCUT2D eigenvalue weighted by Crippen LogP contribution is -2.49. The Morgan fingerprint density at radius 2 is 1.68 bits per heavy atom. The number of halogens is 1. The van der Waals surface area contributed by atoms with Crippen LogP contribution in [0, 0.1) is 33.6 Å². The predicted molar refractivity (Wildman–Crippen MR) is 276 cm³/mol. The number of amides is 3. The number of aliphatic imine (C=N–C) groups is 1. The van der Waals surface area contributed by atoms with Gasteiger partial charge in [-0.25, -0.2) is 4.98 Å². The van der Waals surface area contributed by atoms with Crippen molar-refractivity contribution >= 4 is 46.4 Å². The van der Waals surface area contributed by atoms with Gasteiger partial charge in [-0.1, -0.05) is 61.8 Å². The maximum atomic E-state index is 14.4. The minimum Gasteiger partial charge on any atom is -0.490 e. The molecule has 10 rings (SSSR count). The molecule has 3 aromatic carbocycles. The molecule has 372 valence electrons. The maximum Gasteiger partial charge on any atom is 0.248 e. The van der Waals surface area contributed by atoms with E-state index in [4.69, 9.17) is 21.3 Å². The van der Waals surface area contributed by atoms with Crippen LogP contribution in [0.3, 0.4) is 0 Å². The summed E-state index contributed by atoms with van der Waals surface area (Å²) in [7, 11) is 0. The summed E-state index contributed by atoms with van der Waals surface area (Å²) in [6.07, 6.45) is 7.81. The van der Waals surface area contributed by atoms with Crippen LogP contribution in [0.2, 0.25) is 5.02 Å². The monoisotopic (exact) mass is 1010 g/mol. The van der Waals surface area contributed by atoms with E-state index in [1.54, 1.807) is 28.4 Å². The average Bonchev–Trinajstić information content (AvgIpc) is 4.19. The van der Waals surface area contributed by atoms with E-state index in [2.05, 4.69) is 44.8 Å². The van der Waals surface area contributed by atoms with Crippen molar-refractivity contribution in [1.82, 2.24) is 49.6 Å². The van der Waals surface area contributed by atoms with E-state index < -0.39 is 24.2 Å². The van der Waals surface area contributed by atoms with Crippen LogP contribution in [0.15, 0.2) is 103 Å². The van der Waals surface area contributed by atoms with Crippen molar-refractivity contribution in [3.63, 3.8) is 0 Å². The number of carbonyl (C=O) groups excluding carboxylic acids is 3. The molecule has 0 bridgehead atoms. The van der Waals surface area contributed by atoms with Crippen LogP contribution in [0.25, 0.3) is 21.8 Å². The van der Waals surface area contributed by atoms with Crippen LogP contribution in [0.1, 0.15) is 109 Å². The van der Waals surface area contributed by atoms with Crippen LogP contribution >= 0.6 is 22.9 Å². The fourth-order valence-corrected chi connectivity index (χ4v) is 11.4. The predicted octanol–water partition coefficient (Wildman–Crippen LogP) is 8.31. The van der Waals surface area contributed by atoms with Crippen LogP contribution in [0.4, 0.5) is 0 Å². The van der Waals surface area contributed by atoms with Gasteiger partial charge in [-0.2, -0.15) is 5.10 Å². The number of imidazole rings is 1. The number of ether oxygens (including phenoxy) is 1. The second-order valence-corrected chi connectivity index (χ2v) is 21.2. The van der Waals surface area contributed by atoms with E-state index in [0.717, 1.165) is 61.4 Å². The van der Waals surface area contributed by atoms with Crippen molar-refractivity contribution in [2.24, 2.45) is 10.9 Å². The Bertz CT molecular complexity index is 3190. The van der Waals surface area contributed by atoms with Crippen molar-refractivity contribution in [3.8, 4) is 27.6 Å². The van der Waals surface area contributed by atoms with E-state index in [1.807, 2.05) is 129 Å². The molecular formula is C54H58ClN11O5S. The molecule has 3 N–H and O–H groups in total. The number of fused-ring (bicyclic) bond motifs is 3. The van der Waals surface area contributed by atoms with Crippen LogP contribution < -0.4 is 15.4 Å². The number of aryl methyl sites for hydroxylation is 3. The molecule has 2 aliphatic heterocycles. The number of rotatable bonds is 14. The number of hydrogen-bond donors (Lipinski definition) is 3. The van der Waals surface area contributed by atoms with Crippen molar-refractivity contribution in [2.75, 3.05) is 6.54 Å². The Kier molecular flexibility index (Phi) is 13.5. The normalized spacial score (nSPS) is 20.2. The highest BCUT2D eigenvalue weighted by Gasteiger charge is 2.43. The van der Waals surface area contributed by atoms with Gasteiger partial charge in [0.1, 0.15) is 46.6 Å². The van der Waals surface area contributed by atoms with E-state index in [9.17, 15) is 19.5 Å². The molecule has 0 unspecified atom stereocenters. The molecule has 4 aromatic heterocycles. The minimum atomic E-state index is -0.840. The lowest BCUT2D eigenvalue weighted by molar-refractivity contribution is -0.142. The molecular weight excluding hydrogens is 950 g/mol. The molecule has 2 fully saturated rings. The number of likely N-dealkylation sites (tertiary alicyclic amines) is 1. The fourth-order valence-electron chi connectivity index (χ4n) is 10.1. The van der Waals surface area contributed by atoms with E-state index in [-0.39, 0.29) is 61.2 Å². The summed E-state index contributed by atoms with van der Waals surface area (Å²) in [6.45, 7) is 13.9. The van der Waals surface area contributed by atoms with Crippen molar-refractivity contribution in [1.29, 1.82) is 0 Å². The van der Waals surface area contributed by atoms with Crippen molar-refractivity contribution < 1.29 is 24.2 Å². The molecule has 3 aliphatic rings. The number of benzene rings is 3. The van der Waals surface area contributed by atoms with Gasteiger partial charge in [0, 0.05) is 82.7 Å². The molecule has 7 aromatic rings. The Balaban J connectivity index is 0.762. The Morgan fingerprint density at radius 3 is 2.40 bits per heavy atom. The van der Waals surface area contributed by atoms with Crippen molar-refractivity contribution in [2.45, 2.75) is 117 Å². The van der Waals surface area contributed by atoms with Gasteiger partial charge in [-0.15, -0.1) is 21.5 Å². The number of thiophene rings is 1. The second-order valence-electron chi connectivity index (χ2n) is 19.6. The lowest BCUT2D eigenvalue weighted by Gasteiger charge is -2.36. The molecule has 1 saturated carbocycles. The molecule has 3 amide bonds. The highest BCUT2D eigenvalue weighted by molar-refractivity contribution is 7.15. The van der Waals surface area contributed by atoms with Gasteiger partial charge in [0.2, 0.25) is 17.7 Å². The minimum absolute atomic E-state index is 0.0490. The SMILES string of the molecule is Cc1sc2c(c1C)C(c1ccc(Cl)cc1)=N[C@@H](CC(=O)N[C@H]1C[C@@H](Oc3cccc(-c4cnn([C@@H](C(=O)N5C[C@H](O)C[C@H]5C(=O)N[C@@H](C)c5ccc(-n6ccnc6C)cc5)C(C)C)c4)c3)C1)c1nnc(C)n1-2. The first-order valence-corrected chi connectivity index (χ1v) is 25.7. The number of aliphatic hydroxyl groups excluding tert-OH is 1. The summed E-state index contributed by atoms with van der Waals surface area (Å²) in [5.41, 5.74) is 7.39. The van der Waals surface area contributed by atoms with Gasteiger partial charge in [-0.05, 0) is 93.6 Å². The number of nitrogens with one attached hydrogen (secondary N) is 2. The van der Waals surface area contributed by atoms with E-state index in [0.29, 0.717) is 29.4 Å². The zero-order chi connectivity index (χ0) is 50.5. The summed E-state index contributed by atoms with van der Waals surface area (Å²) in [5.74, 6) is 2.02. The smallest absolute Gasteiger partial charge is 0.248 e. The Morgan fingerprint density at radius 1 is 0.917 bits per heavy atom. The maximum absolute atomic E-state index is 14.4. The summed E-state index contributed by atoms with van der Waals surface area (Å²) < 4.78 is 12.1. The largest absolute Gasteiger partial charge is 0.490 e. The molecule has 5 atom stereocenters. The molecule has 18 heteroatoms. The number of nitrogens with zero attached hydrogens (tertiary/aromatic N) is 9. The highest BCUT2D eigenvalue weighted by atomic mass is 35.5. The Labute approximate surface area is 427 Å². The van der Waals surface area contributed by atoms with Crippen LogP contribution in [-0.4, -0.2) is 98.4 Å². The van der Waals surface area contributed by atoms with Gasteiger partial charge in [-0.3, -0.25) is 28.6 Å². The highest BCUT2D eigenvalue weighted by Crippen LogP contribution is 2.40. The number of carbonyl (C=O) groups is 3. The first-order chi connectivity index (χ1) is 34.6. The van der Waals surface area contributed by atoms with E-state index in [1.165, 1.54) is 9.78 Å². The summed E-state index contributed by atoms with van der Waals surface area (Å²) >= 11 is 7.96. The molecule has 0 radical (unpaired) electrons. The summed E-state index contributed by atoms with van der Waals surface area (Å²) in [5, 5.41) is 32.4. The topological polar surface area (TPSA) is 187 Å². The Hall–Kier alpha value is -6.95. The first kappa shape index (κ1) is 48.7. The van der Waals surface area contributed by atoms with Gasteiger partial charge in [0.25, 0.3) is 0 Å². The molecule has 6 heterocycles. The quantitative estimate of drug-likeness (QED) is 0.0964. The molecule has 72 heavy (non-hydrogen) atoms. The number of β-amino-alcohol motifs (C(OH)–C–C–N with tert-alkyl or cyclic N) is 1. The molecule has 1 aliphatic carbocycles. The molecule has 16 nitrogen and oxygen atoms in total. The standard InChI is InChI=1S/C54H58ClN11O5S/c1-29(2)50(53(70)64-28-42(67)24-46(64)52(69)58-31(4)35-13-17-41(18-14-35)63-20-19-56-33(63)6)65-27-38(26-57-65)37-9-8-10-43(21-37)71-44-22-40(23-44)59-47(68)25-45-51-62-61-34(7)66(51)54-48(30(3)32(5)72-54)49(60-45)36-11-15-39(55)16-12-36/h8-21,26-27,29,31,40,42,44-46,50,67H,22-25,28H2,1-7H3,(H,58,69)(H,59,68)/t31-,40-,42+,44+,45-,46-,50+/m0/s1. The molecule has 1 saturated heterocycles. The van der Waals surface area contributed by atoms with Gasteiger partial charge in [0.05, 0.1) is 30.5 Å². The first-order valence-electron chi connectivity index (χ1n) is 24.5. The van der Waals surface area contributed by atoms with Crippen LogP contribution in [0.5, 0.6) is 5.75 Å². The van der Waals surface area contributed by atoms with Gasteiger partial charge < -0.3 is 29.9 Å². The third-order valence-electron chi connectivity index (χ3n) is 14.2. The number of aromatic nitrogens is 7. The molecule has 0 spiro atoms. The fraction of sp³-hybridized carbons (Fsp3) is 0.370. The van der Waals surface area contributed by atoms with Crippen LogP contribution in [-0.2, 0) is 14.4 Å². The lowest BCUT2D eigenvalue weighted by atomic mass is 9.89. The average molecular weight is 1010 g/mol. The van der Waals surface area contributed by atoms with Gasteiger partial charge in [0.15, 0.2) is 5.82 Å². The van der Waals surface area contributed by atoms with Crippen molar-refractivity contribution in [3.05, 3.63) is 147 Å². The number of aliphatic hydroxyl groups is 1. The zero-order valence-corrected chi connectivity index (χ0v) is 42.9. The second kappa shape index (κ2) is 19.9. The third-order valence-corrected chi connectivity index (χ3v) is 15.6. The number of hydrogen-bond acceptors (Lipinski definition) is 11.